The van der Waals surface area contributed by atoms with E-state index in [1.165, 1.54) is 47.2 Å². The summed E-state index contributed by atoms with van der Waals surface area (Å²) in [6.07, 6.45) is 3.65. The van der Waals surface area contributed by atoms with Crippen LogP contribution in [0.15, 0.2) is 133 Å². The van der Waals surface area contributed by atoms with Crippen molar-refractivity contribution in [2.75, 3.05) is 0 Å². The summed E-state index contributed by atoms with van der Waals surface area (Å²) in [5.41, 5.74) is 5.45. The van der Waals surface area contributed by atoms with Crippen molar-refractivity contribution < 1.29 is 0 Å². The minimum atomic E-state index is -1.52. The molecule has 2 atom stereocenters. The SMILES string of the molecule is CCC[Si](C)(c1ccccc1)c1ccc(C)cc1.CCC[Si](C)(c1ccccc1)c1ccc(C)cc1.CCc1ccc(C)cc1. The van der Waals surface area contributed by atoms with E-state index >= 15 is 0 Å². The maximum absolute atomic E-state index is 2.50. The van der Waals surface area contributed by atoms with Gasteiger partial charge in [-0.15, -0.1) is 0 Å². The van der Waals surface area contributed by atoms with Crippen molar-refractivity contribution in [1.29, 1.82) is 0 Å². The van der Waals surface area contributed by atoms with Crippen molar-refractivity contribution in [2.45, 2.75) is 86.0 Å². The summed E-state index contributed by atoms with van der Waals surface area (Å²) < 4.78 is 0. The highest BCUT2D eigenvalue weighted by molar-refractivity contribution is 7.01. The average molecular weight is 629 g/mol. The third-order valence-electron chi connectivity index (χ3n) is 9.23. The quantitative estimate of drug-likeness (QED) is 0.143. The van der Waals surface area contributed by atoms with Crippen molar-refractivity contribution in [1.82, 2.24) is 0 Å². The van der Waals surface area contributed by atoms with Crippen molar-refractivity contribution >= 4 is 36.9 Å². The van der Waals surface area contributed by atoms with Gasteiger partial charge in [0, 0.05) is 0 Å². The number of aryl methyl sites for hydroxylation is 4. The van der Waals surface area contributed by atoms with Crippen LogP contribution >= 0.6 is 0 Å². The first-order chi connectivity index (χ1) is 21.7. The van der Waals surface area contributed by atoms with Gasteiger partial charge in [0.2, 0.25) is 0 Å². The monoisotopic (exact) mass is 628 g/mol. The standard InChI is InChI=1S/2C17H22Si.C9H12/c2*1-4-14-18(3,16-8-6-5-7-9-16)17-12-10-15(2)11-13-17;1-3-9-6-4-8(2)5-7-9/h2*5-13H,4,14H2,1-3H3;4-7H,3H2,1-2H3. The van der Waals surface area contributed by atoms with E-state index in [9.17, 15) is 0 Å². The normalized spacial score (nSPS) is 13.2. The highest BCUT2D eigenvalue weighted by Crippen LogP contribution is 2.15. The van der Waals surface area contributed by atoms with Crippen LogP contribution < -0.4 is 20.7 Å². The Morgan fingerprint density at radius 1 is 0.378 bits per heavy atom. The largest absolute Gasteiger partial charge is 0.115 e. The van der Waals surface area contributed by atoms with Crippen LogP contribution in [0.25, 0.3) is 0 Å². The second-order valence-corrected chi connectivity index (χ2v) is 21.6. The fourth-order valence-corrected chi connectivity index (χ4v) is 13.7. The fraction of sp³-hybridized carbons (Fsp3) is 0.302. The lowest BCUT2D eigenvalue weighted by atomic mass is 10.1. The number of rotatable bonds is 9. The van der Waals surface area contributed by atoms with Crippen molar-refractivity contribution in [3.05, 3.63) is 156 Å². The van der Waals surface area contributed by atoms with Gasteiger partial charge >= 0.3 is 0 Å². The van der Waals surface area contributed by atoms with E-state index in [1.807, 2.05) is 0 Å². The Morgan fingerprint density at radius 3 is 0.956 bits per heavy atom. The summed E-state index contributed by atoms with van der Waals surface area (Å²) in [5, 5.41) is 6.22. The maximum atomic E-state index is 2.50. The molecule has 45 heavy (non-hydrogen) atoms. The molecule has 0 aliphatic rings. The first-order valence-electron chi connectivity index (χ1n) is 17.0. The molecule has 2 heteroatoms. The Balaban J connectivity index is 0.000000195. The molecule has 0 bridgehead atoms. The van der Waals surface area contributed by atoms with Crippen LogP contribution in [0.5, 0.6) is 0 Å². The van der Waals surface area contributed by atoms with Crippen LogP contribution in [0.2, 0.25) is 25.2 Å². The van der Waals surface area contributed by atoms with Gasteiger partial charge in [0.05, 0.1) is 0 Å². The molecular weight excluding hydrogens is 573 g/mol. The van der Waals surface area contributed by atoms with E-state index in [4.69, 9.17) is 0 Å². The van der Waals surface area contributed by atoms with E-state index < -0.39 is 16.1 Å². The fourth-order valence-electron chi connectivity index (χ4n) is 6.19. The van der Waals surface area contributed by atoms with Crippen LogP contribution in [0.1, 0.15) is 55.9 Å². The molecule has 0 saturated carbocycles. The molecule has 0 aromatic heterocycles. The van der Waals surface area contributed by atoms with Crippen LogP contribution in [0.4, 0.5) is 0 Å². The maximum Gasteiger partial charge on any atom is 0.115 e. The lowest BCUT2D eigenvalue weighted by Crippen LogP contribution is -2.55. The summed E-state index contributed by atoms with van der Waals surface area (Å²) >= 11 is 0. The molecule has 2 unspecified atom stereocenters. The van der Waals surface area contributed by atoms with Crippen molar-refractivity contribution in [2.24, 2.45) is 0 Å². The zero-order valence-electron chi connectivity index (χ0n) is 29.2. The highest BCUT2D eigenvalue weighted by Gasteiger charge is 2.31. The van der Waals surface area contributed by atoms with Gasteiger partial charge in [0.1, 0.15) is 16.1 Å². The van der Waals surface area contributed by atoms with E-state index in [1.54, 1.807) is 20.7 Å². The number of hydrogen-bond donors (Lipinski definition) is 0. The molecule has 0 N–H and O–H groups in total. The van der Waals surface area contributed by atoms with Gasteiger partial charge in [0.15, 0.2) is 0 Å². The van der Waals surface area contributed by atoms with Crippen LogP contribution in [-0.4, -0.2) is 16.1 Å². The van der Waals surface area contributed by atoms with Gasteiger partial charge in [0.25, 0.3) is 0 Å². The lowest BCUT2D eigenvalue weighted by Gasteiger charge is -2.28. The molecule has 0 radical (unpaired) electrons. The van der Waals surface area contributed by atoms with Crippen LogP contribution in [-0.2, 0) is 6.42 Å². The minimum Gasteiger partial charge on any atom is -0.0656 e. The Bertz CT molecular complexity index is 1410. The van der Waals surface area contributed by atoms with Crippen molar-refractivity contribution in [3.8, 4) is 0 Å². The molecule has 5 rings (SSSR count). The summed E-state index contributed by atoms with van der Waals surface area (Å²) in [6.45, 7) is 18.2. The summed E-state index contributed by atoms with van der Waals surface area (Å²) in [5.74, 6) is 0. The molecule has 0 aliphatic heterocycles. The third-order valence-corrected chi connectivity index (χ3v) is 18.7. The smallest absolute Gasteiger partial charge is 0.0656 e. The molecule has 0 heterocycles. The predicted octanol–water partition coefficient (Wildman–Crippen LogP) is 9.75. The average Bonchev–Trinajstić information content (AvgIpc) is 3.07. The number of benzene rings is 5. The van der Waals surface area contributed by atoms with Crippen LogP contribution in [0, 0.1) is 20.8 Å². The van der Waals surface area contributed by atoms with E-state index in [0.29, 0.717) is 0 Å². The summed E-state index contributed by atoms with van der Waals surface area (Å²) in [6, 6.07) is 51.8. The van der Waals surface area contributed by atoms with E-state index in [-0.39, 0.29) is 0 Å². The predicted molar refractivity (Wildman–Crippen MR) is 208 cm³/mol. The second-order valence-electron chi connectivity index (χ2n) is 13.0. The Hall–Kier alpha value is -3.47. The van der Waals surface area contributed by atoms with Gasteiger partial charge in [-0.1, -0.05) is 218 Å². The zero-order valence-corrected chi connectivity index (χ0v) is 31.2. The topological polar surface area (TPSA) is 0 Å². The van der Waals surface area contributed by atoms with Crippen molar-refractivity contribution in [3.63, 3.8) is 0 Å². The molecule has 5 aromatic rings. The first kappa shape index (κ1) is 36.0. The highest BCUT2D eigenvalue weighted by atomic mass is 28.3. The molecule has 236 valence electrons. The molecule has 0 spiro atoms. The molecule has 0 nitrogen and oxygen atoms in total. The molecule has 0 amide bonds. The third kappa shape index (κ3) is 10.3. The van der Waals surface area contributed by atoms with E-state index in [0.717, 1.165) is 6.42 Å². The molecule has 0 fully saturated rings. The summed E-state index contributed by atoms with van der Waals surface area (Å²) in [7, 11) is -3.05. The first-order valence-corrected chi connectivity index (χ1v) is 22.4. The van der Waals surface area contributed by atoms with E-state index in [2.05, 4.69) is 188 Å². The minimum absolute atomic E-state index is 1.14. The number of hydrogen-bond acceptors (Lipinski definition) is 0. The molecule has 0 saturated heterocycles. The molecular formula is C43H56Si2. The molecule has 0 aliphatic carbocycles. The second kappa shape index (κ2) is 17.9. The van der Waals surface area contributed by atoms with Gasteiger partial charge in [-0.25, -0.2) is 0 Å². The Labute approximate surface area is 277 Å². The Kier molecular flexibility index (Phi) is 14.3. The summed E-state index contributed by atoms with van der Waals surface area (Å²) in [4.78, 5) is 0. The van der Waals surface area contributed by atoms with Crippen LogP contribution in [0.3, 0.4) is 0 Å². The van der Waals surface area contributed by atoms with Gasteiger partial charge in [-0.3, -0.25) is 0 Å². The van der Waals surface area contributed by atoms with Gasteiger partial charge in [-0.05, 0) is 44.8 Å². The van der Waals surface area contributed by atoms with Gasteiger partial charge in [-0.2, -0.15) is 0 Å². The zero-order chi connectivity index (χ0) is 32.7. The Morgan fingerprint density at radius 2 is 0.667 bits per heavy atom. The lowest BCUT2D eigenvalue weighted by molar-refractivity contribution is 1.06. The van der Waals surface area contributed by atoms with Gasteiger partial charge < -0.3 is 0 Å². The molecule has 5 aromatic carbocycles.